The van der Waals surface area contributed by atoms with Crippen LogP contribution in [0, 0.1) is 0 Å². The van der Waals surface area contributed by atoms with E-state index in [0.717, 1.165) is 5.56 Å². The number of fused-ring (bicyclic) bond motifs is 1. The number of hydrogen-bond donors (Lipinski definition) is 2. The summed E-state index contributed by atoms with van der Waals surface area (Å²) < 4.78 is 10.0. The molecule has 2 amide bonds. The molecule has 2 aliphatic heterocycles. The molecule has 166 valence electrons. The van der Waals surface area contributed by atoms with Gasteiger partial charge in [0, 0.05) is 12.2 Å². The Labute approximate surface area is 187 Å². The third-order valence-electron chi connectivity index (χ3n) is 5.21. The number of carboxylic acid groups (broad SMARTS) is 1. The number of ether oxygens (including phenoxy) is 1. The number of β-lactam (4-membered cyclic amide) rings is 1. The molecule has 2 aliphatic rings. The Kier molecular flexibility index (Phi) is 6.04. The number of nitrogens with zero attached hydrogens (tertiary/aromatic N) is 1. The third kappa shape index (κ3) is 4.13. The summed E-state index contributed by atoms with van der Waals surface area (Å²) >= 11 is 1.38. The van der Waals surface area contributed by atoms with Crippen LogP contribution in [-0.4, -0.2) is 58.0 Å². The Bertz CT molecular complexity index is 1110. The summed E-state index contributed by atoms with van der Waals surface area (Å²) in [6, 6.07) is 11.4. The smallest absolute Gasteiger partial charge is 0.373 e. The van der Waals surface area contributed by atoms with Crippen molar-refractivity contribution in [2.24, 2.45) is 0 Å². The van der Waals surface area contributed by atoms with Crippen LogP contribution in [0.5, 0.6) is 0 Å². The first-order chi connectivity index (χ1) is 15.4. The Morgan fingerprint density at radius 2 is 1.97 bits per heavy atom. The molecule has 0 bridgehead atoms. The van der Waals surface area contributed by atoms with E-state index < -0.39 is 29.3 Å². The van der Waals surface area contributed by atoms with E-state index >= 15 is 0 Å². The average molecular weight is 456 g/mol. The van der Waals surface area contributed by atoms with E-state index in [0.29, 0.717) is 17.1 Å². The number of carbonyl (C=O) groups is 4. The van der Waals surface area contributed by atoms with E-state index in [1.807, 2.05) is 30.3 Å². The zero-order chi connectivity index (χ0) is 22.8. The lowest BCUT2D eigenvalue weighted by atomic mass is 10.0. The Balaban J connectivity index is 1.47. The first-order valence-corrected chi connectivity index (χ1v) is 10.8. The fourth-order valence-corrected chi connectivity index (χ4v) is 5.06. The molecule has 0 aliphatic carbocycles. The normalized spacial score (nSPS) is 19.8. The molecule has 3 heterocycles. The monoisotopic (exact) mass is 456 g/mol. The van der Waals surface area contributed by atoms with Gasteiger partial charge in [-0.2, -0.15) is 0 Å². The molecular formula is C22H20N2O7S. The number of carbonyl (C=O) groups excluding carboxylic acids is 3. The lowest BCUT2D eigenvalue weighted by molar-refractivity contribution is -0.150. The topological polar surface area (TPSA) is 126 Å². The van der Waals surface area contributed by atoms with Gasteiger partial charge in [0.2, 0.25) is 11.7 Å². The Hall–Kier alpha value is -3.53. The minimum atomic E-state index is -1.23. The number of rotatable bonds is 7. The first kappa shape index (κ1) is 21.7. The first-order valence-electron chi connectivity index (χ1n) is 9.79. The zero-order valence-electron chi connectivity index (χ0n) is 17.1. The number of nitrogens with one attached hydrogen (secondary N) is 1. The maximum absolute atomic E-state index is 12.7. The number of amides is 2. The largest absolute Gasteiger partial charge is 0.477 e. The molecule has 1 aromatic carbocycles. The number of esters is 1. The van der Waals surface area contributed by atoms with E-state index in [4.69, 9.17) is 4.42 Å². The molecule has 32 heavy (non-hydrogen) atoms. The molecule has 0 unspecified atom stereocenters. The molecule has 1 saturated heterocycles. The third-order valence-corrected chi connectivity index (χ3v) is 6.55. The molecule has 1 aromatic heterocycles. The van der Waals surface area contributed by atoms with Crippen LogP contribution in [0.2, 0.25) is 0 Å². The molecule has 1 fully saturated rings. The van der Waals surface area contributed by atoms with Crippen molar-refractivity contribution >= 4 is 35.5 Å². The maximum Gasteiger partial charge on any atom is 0.373 e. The van der Waals surface area contributed by atoms with Gasteiger partial charge in [-0.3, -0.25) is 14.5 Å². The molecule has 2 N–H and O–H groups in total. The highest BCUT2D eigenvalue weighted by Crippen LogP contribution is 2.41. The van der Waals surface area contributed by atoms with E-state index in [9.17, 15) is 24.3 Å². The number of aliphatic carboxylic acids is 1. The summed E-state index contributed by atoms with van der Waals surface area (Å²) in [7, 11) is 1.23. The van der Waals surface area contributed by atoms with Crippen LogP contribution < -0.4 is 5.32 Å². The highest BCUT2D eigenvalue weighted by Gasteiger charge is 2.54. The van der Waals surface area contributed by atoms with Crippen molar-refractivity contribution in [2.75, 3.05) is 12.9 Å². The summed E-state index contributed by atoms with van der Waals surface area (Å²) in [5.41, 5.74) is 1.21. The van der Waals surface area contributed by atoms with E-state index in [-0.39, 0.29) is 30.2 Å². The molecule has 2 atom stereocenters. The van der Waals surface area contributed by atoms with Crippen molar-refractivity contribution in [3.05, 3.63) is 70.8 Å². The van der Waals surface area contributed by atoms with Crippen molar-refractivity contribution in [3.63, 3.8) is 0 Å². The van der Waals surface area contributed by atoms with Gasteiger partial charge in [-0.15, -0.1) is 11.8 Å². The predicted octanol–water partition coefficient (Wildman–Crippen LogP) is 1.59. The zero-order valence-corrected chi connectivity index (χ0v) is 17.9. The summed E-state index contributed by atoms with van der Waals surface area (Å²) in [5, 5.41) is 12.0. The molecule has 4 rings (SSSR count). The van der Waals surface area contributed by atoms with E-state index in [1.165, 1.54) is 29.8 Å². The van der Waals surface area contributed by atoms with Crippen molar-refractivity contribution in [1.29, 1.82) is 0 Å². The van der Waals surface area contributed by atoms with Crippen LogP contribution in [0.25, 0.3) is 0 Å². The van der Waals surface area contributed by atoms with Crippen molar-refractivity contribution in [1.82, 2.24) is 10.2 Å². The van der Waals surface area contributed by atoms with E-state index in [1.54, 1.807) is 6.07 Å². The summed E-state index contributed by atoms with van der Waals surface area (Å²) in [4.78, 5) is 49.9. The van der Waals surface area contributed by atoms with Gasteiger partial charge in [-0.25, -0.2) is 9.59 Å². The predicted molar refractivity (Wildman–Crippen MR) is 114 cm³/mol. The van der Waals surface area contributed by atoms with E-state index in [2.05, 4.69) is 10.1 Å². The summed E-state index contributed by atoms with van der Waals surface area (Å²) in [5.74, 6) is -1.88. The van der Waals surface area contributed by atoms with Crippen LogP contribution in [0.15, 0.2) is 58.2 Å². The second-order valence-corrected chi connectivity index (χ2v) is 8.41. The number of thioether (sulfide) groups is 1. The second-order valence-electron chi connectivity index (χ2n) is 7.31. The van der Waals surface area contributed by atoms with Crippen molar-refractivity contribution in [2.45, 2.75) is 24.3 Å². The fraction of sp³-hybridized carbons (Fsp3) is 0.273. The van der Waals surface area contributed by atoms with Gasteiger partial charge in [0.05, 0.1) is 13.5 Å². The van der Waals surface area contributed by atoms with Gasteiger partial charge in [-0.05, 0) is 23.3 Å². The number of furan rings is 1. The molecule has 10 heteroatoms. The van der Waals surface area contributed by atoms with Gasteiger partial charge in [0.1, 0.15) is 22.9 Å². The molecule has 9 nitrogen and oxygen atoms in total. The van der Waals surface area contributed by atoms with Crippen LogP contribution in [0.4, 0.5) is 0 Å². The minimum absolute atomic E-state index is 0.0162. The van der Waals surface area contributed by atoms with Crippen molar-refractivity contribution in [3.8, 4) is 0 Å². The Morgan fingerprint density at radius 1 is 1.22 bits per heavy atom. The quantitative estimate of drug-likeness (QED) is 0.475. The van der Waals surface area contributed by atoms with Gasteiger partial charge in [-0.1, -0.05) is 30.3 Å². The maximum atomic E-state index is 12.7. The van der Waals surface area contributed by atoms with Gasteiger partial charge in [0.25, 0.3) is 5.91 Å². The van der Waals surface area contributed by atoms with Crippen LogP contribution in [-0.2, 0) is 32.0 Å². The number of carboxylic acids is 1. The molecule has 0 saturated carbocycles. The van der Waals surface area contributed by atoms with Gasteiger partial charge in [0.15, 0.2) is 0 Å². The Morgan fingerprint density at radius 3 is 2.66 bits per heavy atom. The number of benzene rings is 1. The highest BCUT2D eigenvalue weighted by atomic mass is 32.2. The minimum Gasteiger partial charge on any atom is -0.477 e. The summed E-state index contributed by atoms with van der Waals surface area (Å²) in [6.45, 7) is 0. The van der Waals surface area contributed by atoms with Gasteiger partial charge < -0.3 is 19.6 Å². The fourth-order valence-electron chi connectivity index (χ4n) is 3.72. The molecular weight excluding hydrogens is 436 g/mol. The van der Waals surface area contributed by atoms with Crippen LogP contribution in [0.3, 0.4) is 0 Å². The average Bonchev–Trinajstić information content (AvgIpc) is 3.25. The van der Waals surface area contributed by atoms with Gasteiger partial charge >= 0.3 is 11.9 Å². The number of hydrogen-bond acceptors (Lipinski definition) is 7. The molecule has 0 spiro atoms. The number of methoxy groups -OCH3 is 1. The molecule has 2 aromatic rings. The lowest BCUT2D eigenvalue weighted by Gasteiger charge is -2.49. The summed E-state index contributed by atoms with van der Waals surface area (Å²) in [6.07, 6.45) is 0.267. The van der Waals surface area contributed by atoms with Crippen molar-refractivity contribution < 1.29 is 33.4 Å². The highest BCUT2D eigenvalue weighted by molar-refractivity contribution is 8.00. The SMILES string of the molecule is COC(=O)c1ccc(CC2=C(C(=O)O)N3C(=O)[C@@H](NC(=O)Cc4ccccc4)[C@@H]3SC2)o1. The molecule has 0 radical (unpaired) electrons. The van der Waals surface area contributed by atoms with Crippen LogP contribution in [0.1, 0.15) is 21.9 Å². The second kappa shape index (κ2) is 8.91. The van der Waals surface area contributed by atoms with Crippen LogP contribution >= 0.6 is 11.8 Å². The lowest BCUT2D eigenvalue weighted by Crippen LogP contribution is -2.70. The standard InChI is InChI=1S/C22H20N2O7S/c1-30-22(29)15-8-7-14(31-15)10-13-11-32-20-17(19(26)24(20)18(13)21(27)28)23-16(25)9-12-5-3-2-4-6-12/h2-8,17,20H,9-11H2,1H3,(H,23,25)(H,27,28)/t17-,20+/m1/s1.